The summed E-state index contributed by atoms with van der Waals surface area (Å²) in [5.74, 6) is 2.48. The van der Waals surface area contributed by atoms with E-state index in [4.69, 9.17) is 14.2 Å². The molecule has 3 aromatic carbocycles. The van der Waals surface area contributed by atoms with Crippen LogP contribution >= 0.6 is 15.9 Å². The molecule has 0 aromatic heterocycles. The van der Waals surface area contributed by atoms with Crippen molar-refractivity contribution < 1.29 is 14.2 Å². The smallest absolute Gasteiger partial charge is 0.118 e. The maximum Gasteiger partial charge on any atom is 0.118 e. The van der Waals surface area contributed by atoms with E-state index in [1.54, 1.807) is 21.3 Å². The highest BCUT2D eigenvalue weighted by atomic mass is 79.9. The van der Waals surface area contributed by atoms with Gasteiger partial charge in [0.05, 0.1) is 21.3 Å². The normalized spacial score (nSPS) is 11.1. The lowest BCUT2D eigenvalue weighted by Crippen LogP contribution is -2.21. The first-order chi connectivity index (χ1) is 12.6. The molecular formula is C22H21BrO3. The number of alkyl halides is 1. The molecule has 0 N–H and O–H groups in total. The summed E-state index contributed by atoms with van der Waals surface area (Å²) in [7, 11) is 5.01. The molecule has 0 saturated heterocycles. The van der Waals surface area contributed by atoms with Crippen molar-refractivity contribution in [2.75, 3.05) is 21.3 Å². The first-order valence-electron chi connectivity index (χ1n) is 8.24. The molecule has 0 amide bonds. The molecule has 0 saturated carbocycles. The van der Waals surface area contributed by atoms with Gasteiger partial charge in [-0.3, -0.25) is 0 Å². The van der Waals surface area contributed by atoms with Crippen molar-refractivity contribution in [3.8, 4) is 17.2 Å². The lowest BCUT2D eigenvalue weighted by molar-refractivity contribution is 0.414. The average molecular weight is 413 g/mol. The molecule has 4 heteroatoms. The van der Waals surface area contributed by atoms with Gasteiger partial charge in [0.25, 0.3) is 0 Å². The van der Waals surface area contributed by atoms with Crippen LogP contribution in [0, 0.1) is 0 Å². The number of ether oxygens (including phenoxy) is 3. The summed E-state index contributed by atoms with van der Waals surface area (Å²) in [5.41, 5.74) is 3.32. The van der Waals surface area contributed by atoms with E-state index in [0.29, 0.717) is 0 Å². The lowest BCUT2D eigenvalue weighted by Gasteiger charge is -2.30. The van der Waals surface area contributed by atoms with Crippen LogP contribution in [-0.2, 0) is 4.32 Å². The molecule has 0 heterocycles. The molecule has 0 aliphatic rings. The number of hydrogen-bond acceptors (Lipinski definition) is 3. The van der Waals surface area contributed by atoms with Crippen molar-refractivity contribution in [1.82, 2.24) is 0 Å². The topological polar surface area (TPSA) is 27.7 Å². The summed E-state index contributed by atoms with van der Waals surface area (Å²) in [6.07, 6.45) is 0. The molecule has 0 unspecified atom stereocenters. The summed E-state index contributed by atoms with van der Waals surface area (Å²) in [5, 5.41) is 0. The van der Waals surface area contributed by atoms with Gasteiger partial charge in [0, 0.05) is 0 Å². The molecule has 0 radical (unpaired) electrons. The van der Waals surface area contributed by atoms with Gasteiger partial charge in [-0.1, -0.05) is 52.3 Å². The van der Waals surface area contributed by atoms with Crippen molar-refractivity contribution in [3.05, 3.63) is 89.5 Å². The second-order valence-electron chi connectivity index (χ2n) is 5.84. The van der Waals surface area contributed by atoms with Crippen LogP contribution in [0.3, 0.4) is 0 Å². The number of rotatable bonds is 6. The van der Waals surface area contributed by atoms with Crippen LogP contribution in [0.15, 0.2) is 72.8 Å². The minimum atomic E-state index is -0.502. The minimum Gasteiger partial charge on any atom is -0.497 e. The first-order valence-corrected chi connectivity index (χ1v) is 9.03. The number of methoxy groups -OCH3 is 3. The molecule has 0 aliphatic carbocycles. The quantitative estimate of drug-likeness (QED) is 0.400. The van der Waals surface area contributed by atoms with Crippen LogP contribution in [0.2, 0.25) is 0 Å². The van der Waals surface area contributed by atoms with Gasteiger partial charge in [0.1, 0.15) is 21.6 Å². The predicted molar refractivity (Wildman–Crippen MR) is 108 cm³/mol. The summed E-state index contributed by atoms with van der Waals surface area (Å²) in [6, 6.07) is 24.3. The summed E-state index contributed by atoms with van der Waals surface area (Å²) in [4.78, 5) is 0. The minimum absolute atomic E-state index is 0.502. The molecule has 3 rings (SSSR count). The largest absolute Gasteiger partial charge is 0.497 e. The Kier molecular flexibility index (Phi) is 5.52. The molecule has 3 aromatic rings. The van der Waals surface area contributed by atoms with Crippen LogP contribution in [0.5, 0.6) is 17.2 Å². The molecule has 0 fully saturated rings. The molecule has 134 valence electrons. The molecule has 0 atom stereocenters. The van der Waals surface area contributed by atoms with Gasteiger partial charge in [-0.15, -0.1) is 0 Å². The van der Waals surface area contributed by atoms with E-state index in [1.165, 1.54) is 0 Å². The van der Waals surface area contributed by atoms with Crippen molar-refractivity contribution in [2.45, 2.75) is 4.32 Å². The third-order valence-corrected chi connectivity index (χ3v) is 5.84. The Bertz CT molecular complexity index is 724. The first kappa shape index (κ1) is 18.3. The molecule has 3 nitrogen and oxygen atoms in total. The number of hydrogen-bond donors (Lipinski definition) is 0. The van der Waals surface area contributed by atoms with Crippen LogP contribution in [-0.4, -0.2) is 21.3 Å². The maximum atomic E-state index is 5.31. The van der Waals surface area contributed by atoms with E-state index < -0.39 is 4.32 Å². The summed E-state index contributed by atoms with van der Waals surface area (Å²) >= 11 is 4.03. The van der Waals surface area contributed by atoms with Crippen LogP contribution in [0.1, 0.15) is 16.7 Å². The monoisotopic (exact) mass is 412 g/mol. The standard InChI is InChI=1S/C22H21BrO3/c1-24-19-10-4-16(5-11-19)22(23,17-6-12-20(25-2)13-7-17)18-8-14-21(26-3)15-9-18/h4-15H,1-3H3. The SMILES string of the molecule is COc1ccc(C(Br)(c2ccc(OC)cc2)c2ccc(OC)cc2)cc1. The highest BCUT2D eigenvalue weighted by molar-refractivity contribution is 9.10. The zero-order valence-electron chi connectivity index (χ0n) is 15.0. The third kappa shape index (κ3) is 3.42. The fourth-order valence-corrected chi connectivity index (χ4v) is 3.76. The van der Waals surface area contributed by atoms with Gasteiger partial charge < -0.3 is 14.2 Å². The lowest BCUT2D eigenvalue weighted by atomic mass is 9.84. The zero-order chi connectivity index (χ0) is 18.6. The highest BCUT2D eigenvalue weighted by Gasteiger charge is 2.33. The Balaban J connectivity index is 2.15. The average Bonchev–Trinajstić information content (AvgIpc) is 2.73. The fourth-order valence-electron chi connectivity index (χ4n) is 2.96. The van der Waals surface area contributed by atoms with E-state index >= 15 is 0 Å². The van der Waals surface area contributed by atoms with Gasteiger partial charge in [0.15, 0.2) is 0 Å². The molecule has 26 heavy (non-hydrogen) atoms. The van der Waals surface area contributed by atoms with Gasteiger partial charge in [0.2, 0.25) is 0 Å². The van der Waals surface area contributed by atoms with Crippen LogP contribution in [0.25, 0.3) is 0 Å². The summed E-state index contributed by atoms with van der Waals surface area (Å²) < 4.78 is 15.4. The van der Waals surface area contributed by atoms with Gasteiger partial charge in [-0.2, -0.15) is 0 Å². The van der Waals surface area contributed by atoms with E-state index in [-0.39, 0.29) is 0 Å². The van der Waals surface area contributed by atoms with E-state index in [2.05, 4.69) is 52.3 Å². The van der Waals surface area contributed by atoms with Gasteiger partial charge in [-0.25, -0.2) is 0 Å². The van der Waals surface area contributed by atoms with E-state index in [1.807, 2.05) is 36.4 Å². The number of benzene rings is 3. The van der Waals surface area contributed by atoms with Crippen LogP contribution in [0.4, 0.5) is 0 Å². The molecular weight excluding hydrogens is 392 g/mol. The Hall–Kier alpha value is -2.46. The molecule has 0 aliphatic heterocycles. The van der Waals surface area contributed by atoms with E-state index in [0.717, 1.165) is 33.9 Å². The van der Waals surface area contributed by atoms with Crippen molar-refractivity contribution in [3.63, 3.8) is 0 Å². The third-order valence-electron chi connectivity index (χ3n) is 4.46. The molecule has 0 bridgehead atoms. The van der Waals surface area contributed by atoms with Crippen molar-refractivity contribution in [1.29, 1.82) is 0 Å². The fraction of sp³-hybridized carbons (Fsp3) is 0.182. The maximum absolute atomic E-state index is 5.31. The Morgan fingerprint density at radius 3 is 0.923 bits per heavy atom. The highest BCUT2D eigenvalue weighted by Crippen LogP contribution is 2.45. The zero-order valence-corrected chi connectivity index (χ0v) is 16.6. The Morgan fingerprint density at radius 1 is 0.500 bits per heavy atom. The van der Waals surface area contributed by atoms with Crippen molar-refractivity contribution >= 4 is 15.9 Å². The van der Waals surface area contributed by atoms with Gasteiger partial charge >= 0.3 is 0 Å². The predicted octanol–water partition coefficient (Wildman–Crippen LogP) is 5.40. The Morgan fingerprint density at radius 2 is 0.731 bits per heavy atom. The second kappa shape index (κ2) is 7.83. The van der Waals surface area contributed by atoms with Crippen molar-refractivity contribution in [2.24, 2.45) is 0 Å². The van der Waals surface area contributed by atoms with Crippen LogP contribution < -0.4 is 14.2 Å². The molecule has 0 spiro atoms. The summed E-state index contributed by atoms with van der Waals surface area (Å²) in [6.45, 7) is 0. The van der Waals surface area contributed by atoms with E-state index in [9.17, 15) is 0 Å². The Labute approximate surface area is 162 Å². The number of halogens is 1. The second-order valence-corrected chi connectivity index (χ2v) is 7.03. The van der Waals surface area contributed by atoms with Gasteiger partial charge in [-0.05, 0) is 53.1 Å².